The van der Waals surface area contributed by atoms with Gasteiger partial charge in [0.2, 0.25) is 0 Å². The van der Waals surface area contributed by atoms with E-state index in [1.54, 1.807) is 0 Å². The summed E-state index contributed by atoms with van der Waals surface area (Å²) in [5.74, 6) is 0. The van der Waals surface area contributed by atoms with Crippen molar-refractivity contribution < 1.29 is 0 Å². The Labute approximate surface area is 100 Å². The molecule has 0 aromatic rings. The first-order valence-corrected chi connectivity index (χ1v) is 6.92. The first-order valence-electron chi connectivity index (χ1n) is 6.92. The zero-order valence-corrected chi connectivity index (χ0v) is 11.1. The third kappa shape index (κ3) is 3.19. The molecule has 1 heterocycles. The van der Waals surface area contributed by atoms with Crippen molar-refractivity contribution in [2.45, 2.75) is 51.7 Å². The predicted molar refractivity (Wildman–Crippen MR) is 68.8 cm³/mol. The molecule has 1 N–H and O–H groups in total. The number of hydrogen-bond donors (Lipinski definition) is 1. The van der Waals surface area contributed by atoms with Crippen LogP contribution in [-0.4, -0.2) is 60.6 Å². The van der Waals surface area contributed by atoms with Crippen molar-refractivity contribution in [3.63, 3.8) is 0 Å². The summed E-state index contributed by atoms with van der Waals surface area (Å²) in [6.45, 7) is 13.1. The number of nitrogens with one attached hydrogen (secondary N) is 1. The molecule has 2 fully saturated rings. The van der Waals surface area contributed by atoms with Gasteiger partial charge in [-0.05, 0) is 33.2 Å². The molecule has 16 heavy (non-hydrogen) atoms. The predicted octanol–water partition coefficient (Wildman–Crippen LogP) is 1.15. The van der Waals surface area contributed by atoms with Crippen LogP contribution in [0.15, 0.2) is 0 Å². The molecule has 3 nitrogen and oxygen atoms in total. The largest absolute Gasteiger partial charge is 0.312 e. The van der Waals surface area contributed by atoms with Crippen LogP contribution in [-0.2, 0) is 0 Å². The lowest BCUT2D eigenvalue weighted by Crippen LogP contribution is -2.55. The van der Waals surface area contributed by atoms with Crippen molar-refractivity contribution in [1.82, 2.24) is 15.1 Å². The molecule has 0 amide bonds. The van der Waals surface area contributed by atoms with Crippen LogP contribution in [0.4, 0.5) is 0 Å². The molecule has 0 aromatic heterocycles. The highest BCUT2D eigenvalue weighted by atomic mass is 15.3. The van der Waals surface area contributed by atoms with Crippen molar-refractivity contribution in [1.29, 1.82) is 0 Å². The molecule has 2 atom stereocenters. The highest BCUT2D eigenvalue weighted by molar-refractivity contribution is 4.86. The fraction of sp³-hybridized carbons (Fsp3) is 1.00. The highest BCUT2D eigenvalue weighted by Gasteiger charge is 2.27. The van der Waals surface area contributed by atoms with E-state index in [1.807, 2.05) is 0 Å². The molecule has 2 aliphatic rings. The normalized spacial score (nSPS) is 30.6. The van der Waals surface area contributed by atoms with E-state index in [2.05, 4.69) is 35.9 Å². The Hall–Kier alpha value is -0.120. The molecule has 94 valence electrons. The second-order valence-corrected chi connectivity index (χ2v) is 5.50. The third-order valence-electron chi connectivity index (χ3n) is 4.11. The maximum Gasteiger partial charge on any atom is 0.0195 e. The Morgan fingerprint density at radius 3 is 2.62 bits per heavy atom. The van der Waals surface area contributed by atoms with Gasteiger partial charge in [0.05, 0.1) is 0 Å². The molecule has 0 spiro atoms. The molecule has 1 saturated carbocycles. The number of nitrogens with zero attached hydrogens (tertiary/aromatic N) is 2. The second-order valence-electron chi connectivity index (χ2n) is 5.50. The van der Waals surface area contributed by atoms with Gasteiger partial charge in [-0.2, -0.15) is 0 Å². The van der Waals surface area contributed by atoms with Gasteiger partial charge >= 0.3 is 0 Å². The van der Waals surface area contributed by atoms with Gasteiger partial charge < -0.3 is 5.32 Å². The fourth-order valence-electron chi connectivity index (χ4n) is 2.65. The maximum atomic E-state index is 3.64. The van der Waals surface area contributed by atoms with Gasteiger partial charge in [-0.1, -0.05) is 6.92 Å². The van der Waals surface area contributed by atoms with Gasteiger partial charge in [0, 0.05) is 44.3 Å². The molecule has 0 radical (unpaired) electrons. The van der Waals surface area contributed by atoms with Crippen molar-refractivity contribution in [3.05, 3.63) is 0 Å². The van der Waals surface area contributed by atoms with E-state index in [0.717, 1.165) is 12.1 Å². The molecule has 1 aliphatic heterocycles. The molecule has 3 heteroatoms. The topological polar surface area (TPSA) is 18.5 Å². The molecule has 1 aliphatic carbocycles. The minimum Gasteiger partial charge on any atom is -0.312 e. The van der Waals surface area contributed by atoms with Crippen LogP contribution in [0.5, 0.6) is 0 Å². The summed E-state index contributed by atoms with van der Waals surface area (Å²) < 4.78 is 0. The maximum absolute atomic E-state index is 3.64. The smallest absolute Gasteiger partial charge is 0.0195 e. The van der Waals surface area contributed by atoms with E-state index < -0.39 is 0 Å². The molecular formula is C13H27N3. The van der Waals surface area contributed by atoms with Gasteiger partial charge in [0.25, 0.3) is 0 Å². The average molecular weight is 225 g/mol. The molecule has 1 saturated heterocycles. The Kier molecular flexibility index (Phi) is 4.22. The van der Waals surface area contributed by atoms with Crippen LogP contribution in [0.25, 0.3) is 0 Å². The first kappa shape index (κ1) is 12.3. The van der Waals surface area contributed by atoms with Crippen LogP contribution in [0.2, 0.25) is 0 Å². The third-order valence-corrected chi connectivity index (χ3v) is 4.11. The summed E-state index contributed by atoms with van der Waals surface area (Å²) in [4.78, 5) is 5.23. The SMILES string of the molecule is CCN1CCN(C(C)CNC2CC2)CC1C. The van der Waals surface area contributed by atoms with Crippen molar-refractivity contribution >= 4 is 0 Å². The summed E-state index contributed by atoms with van der Waals surface area (Å²) in [5.41, 5.74) is 0. The molecule has 0 bridgehead atoms. The van der Waals surface area contributed by atoms with Gasteiger partial charge in [-0.3, -0.25) is 9.80 Å². The number of hydrogen-bond acceptors (Lipinski definition) is 3. The summed E-state index contributed by atoms with van der Waals surface area (Å²) >= 11 is 0. The Morgan fingerprint density at radius 2 is 2.06 bits per heavy atom. The Morgan fingerprint density at radius 1 is 1.31 bits per heavy atom. The lowest BCUT2D eigenvalue weighted by Gasteiger charge is -2.42. The number of likely N-dealkylation sites (N-methyl/N-ethyl adjacent to an activating group) is 1. The standard InChI is InChI=1S/C13H27N3/c1-4-15-7-8-16(10-12(15)3)11(2)9-14-13-5-6-13/h11-14H,4-10H2,1-3H3. The van der Waals surface area contributed by atoms with Crippen LogP contribution in [0.1, 0.15) is 33.6 Å². The summed E-state index contributed by atoms with van der Waals surface area (Å²) in [7, 11) is 0. The molecule has 2 unspecified atom stereocenters. The quantitative estimate of drug-likeness (QED) is 0.757. The molecule has 2 rings (SSSR count). The lowest BCUT2D eigenvalue weighted by atomic mass is 10.1. The van der Waals surface area contributed by atoms with E-state index in [-0.39, 0.29) is 0 Å². The zero-order valence-electron chi connectivity index (χ0n) is 11.1. The number of rotatable bonds is 5. The first-order chi connectivity index (χ1) is 7.70. The monoisotopic (exact) mass is 225 g/mol. The van der Waals surface area contributed by atoms with E-state index in [0.29, 0.717) is 6.04 Å². The van der Waals surface area contributed by atoms with Gasteiger partial charge in [-0.15, -0.1) is 0 Å². The summed E-state index contributed by atoms with van der Waals surface area (Å²) in [6.07, 6.45) is 2.79. The highest BCUT2D eigenvalue weighted by Crippen LogP contribution is 2.19. The minimum absolute atomic E-state index is 0.696. The van der Waals surface area contributed by atoms with Crippen molar-refractivity contribution in [2.75, 3.05) is 32.7 Å². The Bertz CT molecular complexity index is 215. The minimum atomic E-state index is 0.696. The van der Waals surface area contributed by atoms with Crippen LogP contribution in [0, 0.1) is 0 Å². The van der Waals surface area contributed by atoms with Crippen LogP contribution < -0.4 is 5.32 Å². The summed E-state index contributed by atoms with van der Waals surface area (Å²) in [6, 6.07) is 2.26. The zero-order chi connectivity index (χ0) is 11.5. The van der Waals surface area contributed by atoms with Gasteiger partial charge in [0.1, 0.15) is 0 Å². The van der Waals surface area contributed by atoms with Crippen molar-refractivity contribution in [3.8, 4) is 0 Å². The van der Waals surface area contributed by atoms with E-state index >= 15 is 0 Å². The van der Waals surface area contributed by atoms with Gasteiger partial charge in [0.15, 0.2) is 0 Å². The van der Waals surface area contributed by atoms with Crippen LogP contribution >= 0.6 is 0 Å². The van der Waals surface area contributed by atoms with Crippen molar-refractivity contribution in [2.24, 2.45) is 0 Å². The second kappa shape index (κ2) is 5.48. The van der Waals surface area contributed by atoms with E-state index in [9.17, 15) is 0 Å². The van der Waals surface area contributed by atoms with Gasteiger partial charge in [-0.25, -0.2) is 0 Å². The lowest BCUT2D eigenvalue weighted by molar-refractivity contribution is 0.0636. The number of piperazine rings is 1. The van der Waals surface area contributed by atoms with E-state index in [1.165, 1.54) is 45.6 Å². The van der Waals surface area contributed by atoms with Crippen LogP contribution in [0.3, 0.4) is 0 Å². The average Bonchev–Trinajstić information content (AvgIpc) is 3.09. The molecule has 0 aromatic carbocycles. The fourth-order valence-corrected chi connectivity index (χ4v) is 2.65. The Balaban J connectivity index is 1.72. The molecular weight excluding hydrogens is 198 g/mol. The summed E-state index contributed by atoms with van der Waals surface area (Å²) in [5, 5.41) is 3.64. The van der Waals surface area contributed by atoms with E-state index in [4.69, 9.17) is 0 Å².